The Balaban J connectivity index is 1.90. The van der Waals surface area contributed by atoms with Crippen molar-refractivity contribution in [2.75, 3.05) is 6.61 Å². The van der Waals surface area contributed by atoms with E-state index in [1.165, 1.54) is 5.56 Å². The summed E-state index contributed by atoms with van der Waals surface area (Å²) in [6.07, 6.45) is 3.64. The van der Waals surface area contributed by atoms with Crippen LogP contribution in [-0.2, 0) is 15.1 Å². The van der Waals surface area contributed by atoms with E-state index in [9.17, 15) is 4.79 Å². The molecule has 1 aromatic rings. The van der Waals surface area contributed by atoms with Gasteiger partial charge in [0.2, 0.25) is 0 Å². The largest absolute Gasteiger partial charge is 0.370 e. The highest BCUT2D eigenvalue weighted by Gasteiger charge is 2.53. The van der Waals surface area contributed by atoms with Gasteiger partial charge in [0.1, 0.15) is 5.78 Å². The molecule has 0 N–H and O–H groups in total. The third-order valence-electron chi connectivity index (χ3n) is 4.38. The van der Waals surface area contributed by atoms with Gasteiger partial charge in [-0.3, -0.25) is 4.79 Å². The molecular weight excluding hydrogens is 212 g/mol. The maximum Gasteiger partial charge on any atom is 0.141 e. The van der Waals surface area contributed by atoms with Crippen LogP contribution < -0.4 is 0 Å². The summed E-state index contributed by atoms with van der Waals surface area (Å²) < 4.78 is 6.01. The van der Waals surface area contributed by atoms with Crippen molar-refractivity contribution in [1.82, 2.24) is 0 Å². The predicted octanol–water partition coefficient (Wildman–Crippen LogP) is 3.06. The fourth-order valence-electron chi connectivity index (χ4n) is 3.35. The molecule has 0 bridgehead atoms. The summed E-state index contributed by atoms with van der Waals surface area (Å²) in [6, 6.07) is 10.3. The quantitative estimate of drug-likeness (QED) is 0.741. The van der Waals surface area contributed by atoms with Gasteiger partial charge in [-0.2, -0.15) is 0 Å². The number of benzene rings is 1. The van der Waals surface area contributed by atoms with E-state index in [2.05, 4.69) is 19.1 Å². The first kappa shape index (κ1) is 11.0. The third kappa shape index (κ3) is 1.62. The molecule has 1 aliphatic carbocycles. The fourth-order valence-corrected chi connectivity index (χ4v) is 3.35. The molecule has 2 nitrogen and oxygen atoms in total. The van der Waals surface area contributed by atoms with Crippen molar-refractivity contribution in [1.29, 1.82) is 0 Å². The molecule has 2 fully saturated rings. The van der Waals surface area contributed by atoms with Gasteiger partial charge >= 0.3 is 0 Å². The van der Waals surface area contributed by atoms with Crippen LogP contribution in [0.15, 0.2) is 30.3 Å². The summed E-state index contributed by atoms with van der Waals surface area (Å²) >= 11 is 0. The van der Waals surface area contributed by atoms with E-state index in [0.29, 0.717) is 12.4 Å². The Hall–Kier alpha value is -1.15. The first-order valence-corrected chi connectivity index (χ1v) is 6.38. The molecule has 1 spiro atoms. The van der Waals surface area contributed by atoms with Gasteiger partial charge in [-0.05, 0) is 31.7 Å². The SMILES string of the molecule is CC1(c2ccccc2)C[C@]2(CCCC2=O)CO1. The number of hydrogen-bond acceptors (Lipinski definition) is 2. The molecule has 1 saturated carbocycles. The molecule has 2 heteroatoms. The molecule has 2 atom stereocenters. The van der Waals surface area contributed by atoms with Crippen molar-refractivity contribution < 1.29 is 9.53 Å². The minimum absolute atomic E-state index is 0.176. The number of ketones is 1. The Labute approximate surface area is 102 Å². The average molecular weight is 230 g/mol. The maximum atomic E-state index is 12.0. The average Bonchev–Trinajstić information content (AvgIpc) is 2.88. The zero-order chi connectivity index (χ0) is 11.9. The van der Waals surface area contributed by atoms with Crippen LogP contribution in [0, 0.1) is 5.41 Å². The highest BCUT2D eigenvalue weighted by Crippen LogP contribution is 2.51. The smallest absolute Gasteiger partial charge is 0.141 e. The Bertz CT molecular complexity index is 439. The lowest BCUT2D eigenvalue weighted by Gasteiger charge is -2.25. The van der Waals surface area contributed by atoms with E-state index >= 15 is 0 Å². The first-order valence-electron chi connectivity index (χ1n) is 6.38. The topological polar surface area (TPSA) is 26.3 Å². The Morgan fingerprint density at radius 1 is 1.24 bits per heavy atom. The molecule has 1 saturated heterocycles. The number of ether oxygens (including phenoxy) is 1. The summed E-state index contributed by atoms with van der Waals surface area (Å²) in [7, 11) is 0. The van der Waals surface area contributed by atoms with E-state index in [1.807, 2.05) is 18.2 Å². The van der Waals surface area contributed by atoms with E-state index in [4.69, 9.17) is 4.74 Å². The summed E-state index contributed by atoms with van der Waals surface area (Å²) in [6.45, 7) is 2.72. The summed E-state index contributed by atoms with van der Waals surface area (Å²) in [5.41, 5.74) is 0.739. The van der Waals surface area contributed by atoms with Crippen molar-refractivity contribution in [3.8, 4) is 0 Å². The van der Waals surface area contributed by atoms with Gasteiger partial charge in [-0.15, -0.1) is 0 Å². The Morgan fingerprint density at radius 2 is 2.00 bits per heavy atom. The van der Waals surface area contributed by atoms with Crippen LogP contribution in [-0.4, -0.2) is 12.4 Å². The van der Waals surface area contributed by atoms with Gasteiger partial charge in [0.05, 0.1) is 17.6 Å². The zero-order valence-corrected chi connectivity index (χ0v) is 10.2. The van der Waals surface area contributed by atoms with Crippen molar-refractivity contribution in [2.45, 2.75) is 38.2 Å². The molecule has 1 heterocycles. The van der Waals surface area contributed by atoms with Gasteiger partial charge in [-0.25, -0.2) is 0 Å². The van der Waals surface area contributed by atoms with E-state index in [1.54, 1.807) is 0 Å². The molecule has 90 valence electrons. The minimum Gasteiger partial charge on any atom is -0.370 e. The summed E-state index contributed by atoms with van der Waals surface area (Å²) in [5.74, 6) is 0.414. The number of Topliss-reactive ketones (excluding diaryl/α,β-unsaturated/α-hetero) is 1. The molecular formula is C15H18O2. The second-order valence-corrected chi connectivity index (χ2v) is 5.62. The number of hydrogen-bond donors (Lipinski definition) is 0. The Morgan fingerprint density at radius 3 is 2.65 bits per heavy atom. The third-order valence-corrected chi connectivity index (χ3v) is 4.38. The monoisotopic (exact) mass is 230 g/mol. The van der Waals surface area contributed by atoms with Gasteiger partial charge < -0.3 is 4.74 Å². The van der Waals surface area contributed by atoms with E-state index in [-0.39, 0.29) is 11.0 Å². The number of carbonyl (C=O) groups excluding carboxylic acids is 1. The molecule has 0 aromatic heterocycles. The molecule has 1 aliphatic heterocycles. The Kier molecular flexibility index (Phi) is 2.37. The molecule has 17 heavy (non-hydrogen) atoms. The zero-order valence-electron chi connectivity index (χ0n) is 10.2. The van der Waals surface area contributed by atoms with Crippen molar-refractivity contribution in [2.24, 2.45) is 5.41 Å². The van der Waals surface area contributed by atoms with Gasteiger partial charge in [0.25, 0.3) is 0 Å². The van der Waals surface area contributed by atoms with Crippen molar-refractivity contribution >= 4 is 5.78 Å². The molecule has 1 aromatic carbocycles. The lowest BCUT2D eigenvalue weighted by atomic mass is 9.77. The molecule has 1 unspecified atom stereocenters. The van der Waals surface area contributed by atoms with Gasteiger partial charge in [0.15, 0.2) is 0 Å². The van der Waals surface area contributed by atoms with Crippen LogP contribution in [0.25, 0.3) is 0 Å². The number of carbonyl (C=O) groups is 1. The standard InChI is InChI=1S/C15H18O2/c1-14(12-6-3-2-4-7-12)10-15(11-17-14)9-5-8-13(15)16/h2-4,6-7H,5,8-11H2,1H3/t14?,15-/m1/s1. The second kappa shape index (κ2) is 3.67. The summed E-state index contributed by atoms with van der Waals surface area (Å²) in [4.78, 5) is 12.0. The van der Waals surface area contributed by atoms with Gasteiger partial charge in [0, 0.05) is 6.42 Å². The van der Waals surface area contributed by atoms with Crippen LogP contribution in [0.3, 0.4) is 0 Å². The van der Waals surface area contributed by atoms with Crippen molar-refractivity contribution in [3.05, 3.63) is 35.9 Å². The fraction of sp³-hybridized carbons (Fsp3) is 0.533. The first-order chi connectivity index (χ1) is 8.15. The summed E-state index contributed by atoms with van der Waals surface area (Å²) in [5, 5.41) is 0. The van der Waals surface area contributed by atoms with E-state index < -0.39 is 0 Å². The lowest BCUT2D eigenvalue weighted by Crippen LogP contribution is -2.28. The highest BCUT2D eigenvalue weighted by molar-refractivity contribution is 5.87. The maximum absolute atomic E-state index is 12.0. The van der Waals surface area contributed by atoms with E-state index in [0.717, 1.165) is 25.7 Å². The molecule has 0 amide bonds. The molecule has 3 rings (SSSR count). The molecule has 2 aliphatic rings. The lowest BCUT2D eigenvalue weighted by molar-refractivity contribution is -0.125. The van der Waals surface area contributed by atoms with Crippen LogP contribution in [0.2, 0.25) is 0 Å². The van der Waals surface area contributed by atoms with Crippen LogP contribution in [0.4, 0.5) is 0 Å². The number of rotatable bonds is 1. The van der Waals surface area contributed by atoms with Crippen LogP contribution in [0.5, 0.6) is 0 Å². The van der Waals surface area contributed by atoms with Crippen molar-refractivity contribution in [3.63, 3.8) is 0 Å². The van der Waals surface area contributed by atoms with Crippen LogP contribution in [0.1, 0.15) is 38.2 Å². The molecule has 0 radical (unpaired) electrons. The minimum atomic E-state index is -0.277. The normalized spacial score (nSPS) is 36.9. The van der Waals surface area contributed by atoms with Gasteiger partial charge in [-0.1, -0.05) is 30.3 Å². The van der Waals surface area contributed by atoms with Crippen LogP contribution >= 0.6 is 0 Å². The highest BCUT2D eigenvalue weighted by atomic mass is 16.5. The predicted molar refractivity (Wildman–Crippen MR) is 65.7 cm³/mol. The second-order valence-electron chi connectivity index (χ2n) is 5.62.